The van der Waals surface area contributed by atoms with E-state index < -0.39 is 9.05 Å². The SMILES string of the molecule is C/C(=C/S(=O)(=O)Cl)c1ccccc1. The first-order valence-corrected chi connectivity index (χ1v) is 6.05. The summed E-state index contributed by atoms with van der Waals surface area (Å²) in [7, 11) is 1.51. The van der Waals surface area contributed by atoms with E-state index in [-0.39, 0.29) is 0 Å². The van der Waals surface area contributed by atoms with Crippen LogP contribution in [0.25, 0.3) is 5.57 Å². The highest BCUT2D eigenvalue weighted by molar-refractivity contribution is 8.16. The molecule has 0 heterocycles. The van der Waals surface area contributed by atoms with Crippen molar-refractivity contribution in [3.8, 4) is 0 Å². The van der Waals surface area contributed by atoms with Crippen molar-refractivity contribution in [3.63, 3.8) is 0 Å². The first kappa shape index (κ1) is 10.3. The van der Waals surface area contributed by atoms with Crippen molar-refractivity contribution < 1.29 is 8.42 Å². The van der Waals surface area contributed by atoms with Crippen LogP contribution in [0.3, 0.4) is 0 Å². The predicted octanol–water partition coefficient (Wildman–Crippen LogP) is 2.62. The summed E-state index contributed by atoms with van der Waals surface area (Å²) >= 11 is 0. The van der Waals surface area contributed by atoms with Crippen LogP contribution in [0.2, 0.25) is 0 Å². The Morgan fingerprint density at radius 2 is 1.85 bits per heavy atom. The lowest BCUT2D eigenvalue weighted by molar-refractivity contribution is 0.617. The van der Waals surface area contributed by atoms with Crippen LogP contribution in [0, 0.1) is 0 Å². The lowest BCUT2D eigenvalue weighted by Crippen LogP contribution is -1.84. The Bertz CT molecular complexity index is 407. The van der Waals surface area contributed by atoms with Crippen molar-refractivity contribution >= 4 is 25.3 Å². The van der Waals surface area contributed by atoms with Crippen molar-refractivity contribution in [1.29, 1.82) is 0 Å². The van der Waals surface area contributed by atoms with E-state index in [4.69, 9.17) is 10.7 Å². The van der Waals surface area contributed by atoms with Crippen LogP contribution >= 0.6 is 10.7 Å². The molecule has 13 heavy (non-hydrogen) atoms. The van der Waals surface area contributed by atoms with Gasteiger partial charge < -0.3 is 0 Å². The van der Waals surface area contributed by atoms with Crippen LogP contribution < -0.4 is 0 Å². The standard InChI is InChI=1S/C9H9ClO2S/c1-8(7-13(10,11)12)9-5-3-2-4-6-9/h2-7H,1H3/b8-7-. The predicted molar refractivity (Wildman–Crippen MR) is 54.9 cm³/mol. The molecule has 0 saturated heterocycles. The highest BCUT2D eigenvalue weighted by Crippen LogP contribution is 2.15. The molecule has 0 atom stereocenters. The Morgan fingerprint density at radius 3 is 2.31 bits per heavy atom. The van der Waals surface area contributed by atoms with E-state index in [1.165, 1.54) is 0 Å². The van der Waals surface area contributed by atoms with Crippen LogP contribution in [-0.2, 0) is 9.05 Å². The average molecular weight is 217 g/mol. The van der Waals surface area contributed by atoms with Crippen molar-refractivity contribution in [1.82, 2.24) is 0 Å². The third-order valence-corrected chi connectivity index (χ3v) is 2.45. The van der Waals surface area contributed by atoms with E-state index in [2.05, 4.69) is 0 Å². The molecule has 0 saturated carbocycles. The maximum atomic E-state index is 10.7. The molecular weight excluding hydrogens is 208 g/mol. The summed E-state index contributed by atoms with van der Waals surface area (Å²) in [5.41, 5.74) is 1.49. The maximum Gasteiger partial charge on any atom is 0.254 e. The minimum absolute atomic E-state index is 0.635. The molecule has 0 radical (unpaired) electrons. The Balaban J connectivity index is 3.06. The smallest absolute Gasteiger partial charge is 0.208 e. The van der Waals surface area contributed by atoms with E-state index in [9.17, 15) is 8.42 Å². The summed E-state index contributed by atoms with van der Waals surface area (Å²) in [4.78, 5) is 0. The van der Waals surface area contributed by atoms with Gasteiger partial charge in [-0.1, -0.05) is 30.3 Å². The van der Waals surface area contributed by atoms with Crippen molar-refractivity contribution in [2.45, 2.75) is 6.92 Å². The van der Waals surface area contributed by atoms with Gasteiger partial charge in [-0.25, -0.2) is 8.42 Å². The molecule has 1 aromatic carbocycles. The second-order valence-corrected chi connectivity index (χ2v) is 5.12. The van der Waals surface area contributed by atoms with Gasteiger partial charge in [0.05, 0.1) is 0 Å². The van der Waals surface area contributed by atoms with Crippen molar-refractivity contribution in [2.24, 2.45) is 0 Å². The second-order valence-electron chi connectivity index (χ2n) is 2.64. The van der Waals surface area contributed by atoms with Gasteiger partial charge in [-0.2, -0.15) is 0 Å². The molecule has 0 bridgehead atoms. The topological polar surface area (TPSA) is 34.1 Å². The Kier molecular flexibility index (Phi) is 3.12. The molecule has 1 aromatic rings. The van der Waals surface area contributed by atoms with Gasteiger partial charge in [-0.15, -0.1) is 0 Å². The molecule has 2 nitrogen and oxygen atoms in total. The minimum Gasteiger partial charge on any atom is -0.208 e. The van der Waals surface area contributed by atoms with Gasteiger partial charge >= 0.3 is 0 Å². The number of hydrogen-bond acceptors (Lipinski definition) is 2. The molecule has 0 spiro atoms. The first-order chi connectivity index (χ1) is 5.99. The number of allylic oxidation sites excluding steroid dienone is 1. The molecule has 0 aromatic heterocycles. The third kappa shape index (κ3) is 3.61. The molecule has 70 valence electrons. The summed E-state index contributed by atoms with van der Waals surface area (Å²) < 4.78 is 21.4. The maximum absolute atomic E-state index is 10.7. The highest BCUT2D eigenvalue weighted by atomic mass is 35.7. The third-order valence-electron chi connectivity index (χ3n) is 1.55. The molecule has 0 N–H and O–H groups in total. The normalized spacial score (nSPS) is 12.9. The summed E-state index contributed by atoms with van der Waals surface area (Å²) in [6.07, 6.45) is 0. The van der Waals surface area contributed by atoms with Gasteiger partial charge in [-0.3, -0.25) is 0 Å². The van der Waals surface area contributed by atoms with Crippen molar-refractivity contribution in [3.05, 3.63) is 41.3 Å². The number of rotatable bonds is 2. The van der Waals surface area contributed by atoms with E-state index >= 15 is 0 Å². The van der Waals surface area contributed by atoms with Gasteiger partial charge in [0.2, 0.25) is 0 Å². The Labute approximate surface area is 82.3 Å². The summed E-state index contributed by atoms with van der Waals surface area (Å²) in [6, 6.07) is 9.20. The van der Waals surface area contributed by atoms with Crippen LogP contribution in [0.4, 0.5) is 0 Å². The first-order valence-electron chi connectivity index (χ1n) is 3.67. The van der Waals surface area contributed by atoms with Crippen LogP contribution in [0.1, 0.15) is 12.5 Å². The summed E-state index contributed by atoms with van der Waals surface area (Å²) in [5.74, 6) is 0. The monoisotopic (exact) mass is 216 g/mol. The van der Waals surface area contributed by atoms with Crippen LogP contribution in [-0.4, -0.2) is 8.42 Å². The van der Waals surface area contributed by atoms with Gasteiger partial charge in [0.1, 0.15) is 0 Å². The molecule has 0 aliphatic carbocycles. The molecule has 0 aliphatic rings. The fraction of sp³-hybridized carbons (Fsp3) is 0.111. The summed E-state index contributed by atoms with van der Waals surface area (Å²) in [5, 5.41) is 1.05. The fourth-order valence-corrected chi connectivity index (χ4v) is 1.94. The zero-order chi connectivity index (χ0) is 9.90. The molecule has 1 rings (SSSR count). The molecule has 0 aliphatic heterocycles. The van der Waals surface area contributed by atoms with Crippen LogP contribution in [0.5, 0.6) is 0 Å². The van der Waals surface area contributed by atoms with Gasteiger partial charge in [0.15, 0.2) is 0 Å². The second kappa shape index (κ2) is 3.94. The minimum atomic E-state index is -3.56. The Morgan fingerprint density at radius 1 is 1.31 bits per heavy atom. The van der Waals surface area contributed by atoms with E-state index in [0.29, 0.717) is 5.57 Å². The van der Waals surface area contributed by atoms with Crippen LogP contribution in [0.15, 0.2) is 35.7 Å². The number of halogens is 1. The zero-order valence-corrected chi connectivity index (χ0v) is 8.64. The highest BCUT2D eigenvalue weighted by Gasteiger charge is 2.01. The lowest BCUT2D eigenvalue weighted by Gasteiger charge is -1.98. The molecule has 0 amide bonds. The molecule has 0 fully saturated rings. The van der Waals surface area contributed by atoms with Gasteiger partial charge in [0.25, 0.3) is 9.05 Å². The number of hydrogen-bond donors (Lipinski definition) is 0. The average Bonchev–Trinajstić information content (AvgIpc) is 2.03. The number of benzene rings is 1. The summed E-state index contributed by atoms with van der Waals surface area (Å²) in [6.45, 7) is 1.70. The van der Waals surface area contributed by atoms with Gasteiger partial charge in [0, 0.05) is 16.1 Å². The lowest BCUT2D eigenvalue weighted by atomic mass is 10.1. The zero-order valence-electron chi connectivity index (χ0n) is 7.07. The quantitative estimate of drug-likeness (QED) is 0.713. The van der Waals surface area contributed by atoms with E-state index in [0.717, 1.165) is 11.0 Å². The molecular formula is C9H9ClO2S. The van der Waals surface area contributed by atoms with Crippen molar-refractivity contribution in [2.75, 3.05) is 0 Å². The van der Waals surface area contributed by atoms with Gasteiger partial charge in [-0.05, 0) is 18.1 Å². The Hall–Kier alpha value is -0.800. The molecule has 4 heteroatoms. The van der Waals surface area contributed by atoms with E-state index in [1.54, 1.807) is 6.92 Å². The fourth-order valence-electron chi connectivity index (χ4n) is 0.980. The van der Waals surface area contributed by atoms with E-state index in [1.807, 2.05) is 30.3 Å². The largest absolute Gasteiger partial charge is 0.254 e. The molecule has 0 unspecified atom stereocenters.